The van der Waals surface area contributed by atoms with Crippen molar-refractivity contribution >= 4 is 49.9 Å². The van der Waals surface area contributed by atoms with Crippen LogP contribution in [-0.4, -0.2) is 34.2 Å². The third kappa shape index (κ3) is 4.27. The van der Waals surface area contributed by atoms with Crippen LogP contribution in [0.5, 0.6) is 0 Å². The fourth-order valence-electron chi connectivity index (χ4n) is 3.35. The summed E-state index contributed by atoms with van der Waals surface area (Å²) in [6.45, 7) is 3.96. The molecular weight excluding hydrogens is 434 g/mol. The number of aryl methyl sites for hydroxylation is 1. The van der Waals surface area contributed by atoms with Crippen molar-refractivity contribution < 1.29 is 13.2 Å². The lowest BCUT2D eigenvalue weighted by Gasteiger charge is -2.14. The number of carbonyl (C=O) groups is 1. The first-order chi connectivity index (χ1) is 14.8. The van der Waals surface area contributed by atoms with Gasteiger partial charge in [-0.1, -0.05) is 36.9 Å². The van der Waals surface area contributed by atoms with Gasteiger partial charge in [0.05, 0.1) is 15.7 Å². The molecule has 1 amide bonds. The second kappa shape index (κ2) is 8.29. The number of pyridine rings is 1. The van der Waals surface area contributed by atoms with E-state index in [4.69, 9.17) is 5.14 Å². The zero-order valence-electron chi connectivity index (χ0n) is 16.9. The molecule has 0 aliphatic rings. The predicted octanol–water partition coefficient (Wildman–Crippen LogP) is 3.35. The summed E-state index contributed by atoms with van der Waals surface area (Å²) in [5.74, 6) is -0.205. The zero-order valence-corrected chi connectivity index (χ0v) is 18.6. The number of nitrogens with one attached hydrogen (secondary N) is 1. The van der Waals surface area contributed by atoms with Gasteiger partial charge < -0.3 is 5.32 Å². The van der Waals surface area contributed by atoms with E-state index in [1.807, 2.05) is 48.6 Å². The van der Waals surface area contributed by atoms with Crippen molar-refractivity contribution in [3.05, 3.63) is 60.2 Å². The fourth-order valence-corrected chi connectivity index (χ4v) is 4.84. The van der Waals surface area contributed by atoms with Crippen molar-refractivity contribution in [2.24, 2.45) is 5.14 Å². The van der Waals surface area contributed by atoms with Crippen molar-refractivity contribution in [3.8, 4) is 0 Å². The van der Waals surface area contributed by atoms with Gasteiger partial charge in [-0.15, -0.1) is 10.2 Å². The van der Waals surface area contributed by atoms with Gasteiger partial charge in [0.25, 0.3) is 0 Å². The zero-order chi connectivity index (χ0) is 22.2. The van der Waals surface area contributed by atoms with Gasteiger partial charge in [-0.25, -0.2) is 13.6 Å². The van der Waals surface area contributed by atoms with Gasteiger partial charge in [-0.3, -0.25) is 9.20 Å². The largest absolute Gasteiger partial charge is 0.325 e. The summed E-state index contributed by atoms with van der Waals surface area (Å²) in [5.41, 5.74) is 3.31. The lowest BCUT2D eigenvalue weighted by Crippen LogP contribution is -2.25. The first-order valence-electron chi connectivity index (χ1n) is 9.62. The number of thioether (sulfide) groups is 1. The highest BCUT2D eigenvalue weighted by Gasteiger charge is 2.22. The number of nitrogens with zero attached hydrogens (tertiary/aromatic N) is 3. The number of sulfonamides is 1. The molecule has 0 bridgehead atoms. The van der Waals surface area contributed by atoms with Crippen molar-refractivity contribution in [2.75, 3.05) is 5.32 Å². The number of hydrogen-bond donors (Lipinski definition) is 2. The van der Waals surface area contributed by atoms with Gasteiger partial charge >= 0.3 is 0 Å². The third-order valence-electron chi connectivity index (χ3n) is 4.94. The highest BCUT2D eigenvalue weighted by Crippen LogP contribution is 2.29. The van der Waals surface area contributed by atoms with E-state index in [9.17, 15) is 13.2 Å². The molecule has 0 saturated carbocycles. The monoisotopic (exact) mass is 455 g/mol. The van der Waals surface area contributed by atoms with Crippen LogP contribution >= 0.6 is 11.8 Å². The van der Waals surface area contributed by atoms with E-state index in [-0.39, 0.29) is 10.8 Å². The first kappa shape index (κ1) is 21.3. The average Bonchev–Trinajstić information content (AvgIpc) is 3.14. The maximum absolute atomic E-state index is 12.9. The van der Waals surface area contributed by atoms with Gasteiger partial charge in [-0.2, -0.15) is 0 Å². The van der Waals surface area contributed by atoms with E-state index in [0.29, 0.717) is 17.3 Å². The molecule has 4 aromatic rings. The highest BCUT2D eigenvalue weighted by molar-refractivity contribution is 8.00. The molecule has 2 heterocycles. The number of hydrogen-bond acceptors (Lipinski definition) is 6. The van der Waals surface area contributed by atoms with Gasteiger partial charge in [0.1, 0.15) is 0 Å². The van der Waals surface area contributed by atoms with E-state index < -0.39 is 15.3 Å². The van der Waals surface area contributed by atoms with E-state index in [1.165, 1.54) is 36.0 Å². The second-order valence-corrected chi connectivity index (χ2v) is 9.83. The molecule has 1 atom stereocenters. The summed E-state index contributed by atoms with van der Waals surface area (Å²) in [5, 5.41) is 17.9. The Morgan fingerprint density at radius 2 is 1.87 bits per heavy atom. The molecule has 0 aliphatic heterocycles. The fraction of sp³-hybridized carbons (Fsp3) is 0.190. The molecule has 0 saturated heterocycles. The summed E-state index contributed by atoms with van der Waals surface area (Å²) in [7, 11) is -3.78. The van der Waals surface area contributed by atoms with E-state index in [2.05, 4.69) is 15.5 Å². The third-order valence-corrected chi connectivity index (χ3v) is 7.17. The number of aromatic nitrogens is 3. The van der Waals surface area contributed by atoms with Crippen molar-refractivity contribution in [1.29, 1.82) is 0 Å². The van der Waals surface area contributed by atoms with E-state index in [1.54, 1.807) is 0 Å². The lowest BCUT2D eigenvalue weighted by atomic mass is 10.1. The molecular formula is C21H21N5O3S2. The highest BCUT2D eigenvalue weighted by atomic mass is 32.2. The van der Waals surface area contributed by atoms with Crippen LogP contribution in [0.1, 0.15) is 18.9 Å². The molecule has 8 nitrogen and oxygen atoms in total. The van der Waals surface area contributed by atoms with Crippen LogP contribution in [0.25, 0.3) is 16.6 Å². The molecule has 0 spiro atoms. The summed E-state index contributed by atoms with van der Waals surface area (Å²) in [6, 6.07) is 15.7. The standard InChI is InChI=1S/C21H21N5O3S2/c1-3-18(20(27)23-14-8-10-15(11-9-14)31(22,28)29)30-21-25-24-19-12-13(2)16-6-4-5-7-17(16)26(19)21/h4-12,18H,3H2,1-2H3,(H,23,27)(H2,22,28,29). The maximum Gasteiger partial charge on any atom is 0.238 e. The normalized spacial score (nSPS) is 12.9. The summed E-state index contributed by atoms with van der Waals surface area (Å²) < 4.78 is 24.7. The average molecular weight is 456 g/mol. The Kier molecular flexibility index (Phi) is 5.69. The lowest BCUT2D eigenvalue weighted by molar-refractivity contribution is -0.115. The number of rotatable bonds is 6. The van der Waals surface area contributed by atoms with Gasteiger partial charge in [0.2, 0.25) is 15.9 Å². The number of para-hydroxylation sites is 1. The molecule has 2 aromatic carbocycles. The minimum atomic E-state index is -3.78. The van der Waals surface area contributed by atoms with E-state index >= 15 is 0 Å². The molecule has 1 unspecified atom stereocenters. The molecule has 0 aliphatic carbocycles. The molecule has 10 heteroatoms. The van der Waals surface area contributed by atoms with Crippen molar-refractivity contribution in [3.63, 3.8) is 0 Å². The van der Waals surface area contributed by atoms with Crippen LogP contribution in [0.3, 0.4) is 0 Å². The van der Waals surface area contributed by atoms with Crippen LogP contribution < -0.4 is 10.5 Å². The maximum atomic E-state index is 12.9. The minimum absolute atomic E-state index is 0.0102. The number of fused-ring (bicyclic) bond motifs is 3. The van der Waals surface area contributed by atoms with E-state index in [0.717, 1.165) is 22.1 Å². The van der Waals surface area contributed by atoms with Gasteiger partial charge in [0.15, 0.2) is 10.8 Å². The number of nitrogens with two attached hydrogens (primary N) is 1. The van der Waals surface area contributed by atoms with Crippen LogP contribution in [0.15, 0.2) is 64.6 Å². The summed E-state index contributed by atoms with van der Waals surface area (Å²) in [4.78, 5) is 12.9. The number of amides is 1. The van der Waals surface area contributed by atoms with Crippen LogP contribution in [0.4, 0.5) is 5.69 Å². The van der Waals surface area contributed by atoms with Crippen LogP contribution in [-0.2, 0) is 14.8 Å². The molecule has 2 aromatic heterocycles. The van der Waals surface area contributed by atoms with Crippen molar-refractivity contribution in [1.82, 2.24) is 14.6 Å². The van der Waals surface area contributed by atoms with Gasteiger partial charge in [-0.05, 0) is 55.3 Å². The Hall–Kier alpha value is -2.95. The number of primary sulfonamides is 1. The summed E-state index contributed by atoms with van der Waals surface area (Å²) in [6.07, 6.45) is 0.574. The molecule has 0 radical (unpaired) electrons. The minimum Gasteiger partial charge on any atom is -0.325 e. The molecule has 4 rings (SSSR count). The van der Waals surface area contributed by atoms with Crippen molar-refractivity contribution in [2.45, 2.75) is 35.6 Å². The Labute approximate surface area is 183 Å². The quantitative estimate of drug-likeness (QED) is 0.430. The second-order valence-electron chi connectivity index (χ2n) is 7.09. The molecule has 0 fully saturated rings. The number of anilines is 1. The Balaban J connectivity index is 1.60. The summed E-state index contributed by atoms with van der Waals surface area (Å²) >= 11 is 1.34. The Morgan fingerprint density at radius 3 is 2.55 bits per heavy atom. The van der Waals surface area contributed by atoms with Crippen LogP contribution in [0.2, 0.25) is 0 Å². The number of benzene rings is 2. The topological polar surface area (TPSA) is 119 Å². The SMILES string of the molecule is CCC(Sc1nnc2cc(C)c3ccccc3n12)C(=O)Nc1ccc(S(N)(=O)=O)cc1. The number of carbonyl (C=O) groups excluding carboxylic acids is 1. The Morgan fingerprint density at radius 1 is 1.16 bits per heavy atom. The molecule has 160 valence electrons. The van der Waals surface area contributed by atoms with Gasteiger partial charge in [0, 0.05) is 11.1 Å². The smallest absolute Gasteiger partial charge is 0.238 e. The first-order valence-corrected chi connectivity index (χ1v) is 12.0. The molecule has 3 N–H and O–H groups in total. The Bertz CT molecular complexity index is 1380. The molecule has 31 heavy (non-hydrogen) atoms. The van der Waals surface area contributed by atoms with Crippen LogP contribution in [0, 0.1) is 6.92 Å². The predicted molar refractivity (Wildman–Crippen MR) is 122 cm³/mol.